The second kappa shape index (κ2) is 2.30. The van der Waals surface area contributed by atoms with E-state index in [1.165, 1.54) is 18.4 Å². The minimum Gasteiger partial charge on any atom is -0.448 e. The lowest BCUT2D eigenvalue weighted by Crippen LogP contribution is -2.41. The Morgan fingerprint density at radius 1 is 1.33 bits per heavy atom. The highest BCUT2D eigenvalue weighted by molar-refractivity contribution is 5.56. The normalized spacial score (nSPS) is 30.2. The monoisotopic (exact) mass is 204 g/mol. The van der Waals surface area contributed by atoms with Crippen molar-refractivity contribution in [2.24, 2.45) is 5.92 Å². The van der Waals surface area contributed by atoms with E-state index in [2.05, 4.69) is 0 Å². The largest absolute Gasteiger partial charge is 0.448 e. The zero-order chi connectivity index (χ0) is 10.0. The molecule has 1 atom stereocenters. The van der Waals surface area contributed by atoms with E-state index in [9.17, 15) is 0 Å². The second-order valence-corrected chi connectivity index (χ2v) is 4.71. The Morgan fingerprint density at radius 2 is 2.20 bits per heavy atom. The third-order valence-electron chi connectivity index (χ3n) is 3.57. The van der Waals surface area contributed by atoms with Gasteiger partial charge < -0.3 is 14.6 Å². The highest BCUT2D eigenvalue weighted by Gasteiger charge is 2.58. The number of fused-ring (bicyclic) bond motifs is 1. The first-order valence-electron chi connectivity index (χ1n) is 5.45. The fraction of sp³-hybridized carbons (Fsp3) is 0.500. The van der Waals surface area contributed by atoms with Gasteiger partial charge in [-0.15, -0.1) is 0 Å². The van der Waals surface area contributed by atoms with Crippen LogP contribution in [0.2, 0.25) is 0 Å². The molecule has 1 N–H and O–H groups in total. The van der Waals surface area contributed by atoms with Crippen molar-refractivity contribution in [1.82, 2.24) is 0 Å². The van der Waals surface area contributed by atoms with Crippen LogP contribution >= 0.6 is 0 Å². The zero-order valence-corrected chi connectivity index (χ0v) is 8.32. The number of benzene rings is 1. The van der Waals surface area contributed by atoms with E-state index in [1.54, 1.807) is 0 Å². The molecule has 0 aromatic heterocycles. The van der Waals surface area contributed by atoms with E-state index in [-0.39, 0.29) is 12.4 Å². The molecule has 4 rings (SSSR count). The number of ether oxygens (including phenoxy) is 2. The van der Waals surface area contributed by atoms with Crippen LogP contribution in [0.5, 0.6) is 11.5 Å². The third-order valence-corrected chi connectivity index (χ3v) is 3.57. The van der Waals surface area contributed by atoms with Crippen molar-refractivity contribution in [3.63, 3.8) is 0 Å². The van der Waals surface area contributed by atoms with Crippen LogP contribution in [-0.2, 0) is 13.0 Å². The molecule has 3 heteroatoms. The number of aliphatic hydroxyl groups is 1. The van der Waals surface area contributed by atoms with Gasteiger partial charge in [-0.25, -0.2) is 0 Å². The molecule has 1 unspecified atom stereocenters. The van der Waals surface area contributed by atoms with Gasteiger partial charge in [0.05, 0.1) is 13.0 Å². The summed E-state index contributed by atoms with van der Waals surface area (Å²) in [6.45, 7) is 0.0695. The van der Waals surface area contributed by atoms with Crippen molar-refractivity contribution >= 4 is 0 Å². The molecule has 1 fully saturated rings. The molecular weight excluding hydrogens is 192 g/mol. The molecule has 2 bridgehead atoms. The lowest BCUT2D eigenvalue weighted by atomic mass is 9.99. The number of hydrogen-bond acceptors (Lipinski definition) is 3. The molecule has 2 aliphatic heterocycles. The smallest absolute Gasteiger partial charge is 0.258 e. The average molecular weight is 204 g/mol. The maximum absolute atomic E-state index is 9.10. The molecule has 0 amide bonds. The van der Waals surface area contributed by atoms with Gasteiger partial charge in [-0.1, -0.05) is 0 Å². The Labute approximate surface area is 87.6 Å². The SMILES string of the molecule is OCc1cc2c3c(c1)OC(C1CC1)(C2)O3. The lowest BCUT2D eigenvalue weighted by molar-refractivity contribution is -0.0848. The summed E-state index contributed by atoms with van der Waals surface area (Å²) in [5, 5.41) is 9.10. The van der Waals surface area contributed by atoms with Gasteiger partial charge in [0.2, 0.25) is 0 Å². The molecule has 1 aromatic rings. The van der Waals surface area contributed by atoms with Gasteiger partial charge in [0.25, 0.3) is 5.79 Å². The topological polar surface area (TPSA) is 38.7 Å². The van der Waals surface area contributed by atoms with Crippen LogP contribution < -0.4 is 9.47 Å². The van der Waals surface area contributed by atoms with Crippen molar-refractivity contribution in [2.75, 3.05) is 0 Å². The lowest BCUT2D eigenvalue weighted by Gasteiger charge is -2.25. The average Bonchev–Trinajstić information content (AvgIpc) is 2.93. The first kappa shape index (κ1) is 7.99. The van der Waals surface area contributed by atoms with E-state index >= 15 is 0 Å². The Kier molecular flexibility index (Phi) is 1.22. The van der Waals surface area contributed by atoms with E-state index in [4.69, 9.17) is 14.6 Å². The number of rotatable bonds is 2. The minimum absolute atomic E-state index is 0.0695. The molecular formula is C12H12O3. The second-order valence-electron chi connectivity index (χ2n) is 4.71. The van der Waals surface area contributed by atoms with E-state index < -0.39 is 0 Å². The van der Waals surface area contributed by atoms with Crippen molar-refractivity contribution in [3.05, 3.63) is 23.3 Å². The van der Waals surface area contributed by atoms with Gasteiger partial charge in [0, 0.05) is 11.5 Å². The van der Waals surface area contributed by atoms with Crippen molar-refractivity contribution < 1.29 is 14.6 Å². The Balaban J connectivity index is 1.83. The summed E-state index contributed by atoms with van der Waals surface area (Å²) in [5.41, 5.74) is 2.12. The summed E-state index contributed by atoms with van der Waals surface area (Å²) in [6, 6.07) is 3.92. The zero-order valence-electron chi connectivity index (χ0n) is 8.32. The Hall–Kier alpha value is -1.22. The van der Waals surface area contributed by atoms with Gasteiger partial charge >= 0.3 is 0 Å². The van der Waals surface area contributed by atoms with Crippen LogP contribution in [0.1, 0.15) is 24.0 Å². The molecule has 3 aliphatic rings. The van der Waals surface area contributed by atoms with Crippen LogP contribution in [0.3, 0.4) is 0 Å². The first-order chi connectivity index (χ1) is 7.31. The van der Waals surface area contributed by atoms with E-state index in [0.29, 0.717) is 5.92 Å². The van der Waals surface area contributed by atoms with Crippen LogP contribution in [0.4, 0.5) is 0 Å². The summed E-state index contributed by atoms with van der Waals surface area (Å²) in [6.07, 6.45) is 3.28. The molecule has 15 heavy (non-hydrogen) atoms. The highest BCUT2D eigenvalue weighted by Crippen LogP contribution is 2.58. The summed E-state index contributed by atoms with van der Waals surface area (Å²) < 4.78 is 11.8. The molecule has 0 spiro atoms. The first-order valence-corrected chi connectivity index (χ1v) is 5.45. The third kappa shape index (κ3) is 0.893. The van der Waals surface area contributed by atoms with Gasteiger partial charge in [-0.3, -0.25) is 0 Å². The molecule has 0 saturated heterocycles. The Morgan fingerprint density at radius 3 is 2.87 bits per heavy atom. The van der Waals surface area contributed by atoms with Gasteiger partial charge in [0.1, 0.15) is 0 Å². The van der Waals surface area contributed by atoms with Gasteiger partial charge in [-0.2, -0.15) is 0 Å². The number of hydrogen-bond donors (Lipinski definition) is 1. The highest BCUT2D eigenvalue weighted by atomic mass is 16.7. The van der Waals surface area contributed by atoms with Gasteiger partial charge in [-0.05, 0) is 30.5 Å². The molecule has 3 nitrogen and oxygen atoms in total. The standard InChI is InChI=1S/C12H12O3/c13-6-7-3-8-5-12(9-1-2-9)14-10(4-7)11(8)15-12/h3-4,9,13H,1-2,5-6H2. The maximum atomic E-state index is 9.10. The molecule has 1 aromatic carbocycles. The van der Waals surface area contributed by atoms with E-state index in [0.717, 1.165) is 23.5 Å². The van der Waals surface area contributed by atoms with Crippen LogP contribution in [0.15, 0.2) is 12.1 Å². The molecule has 1 aliphatic carbocycles. The molecule has 2 heterocycles. The summed E-state index contributed by atoms with van der Waals surface area (Å²) in [4.78, 5) is 0. The fourth-order valence-corrected chi connectivity index (χ4v) is 2.69. The van der Waals surface area contributed by atoms with Crippen molar-refractivity contribution in [1.29, 1.82) is 0 Å². The van der Waals surface area contributed by atoms with Crippen LogP contribution in [0.25, 0.3) is 0 Å². The maximum Gasteiger partial charge on any atom is 0.258 e. The molecule has 0 radical (unpaired) electrons. The number of aliphatic hydroxyl groups excluding tert-OH is 1. The quantitative estimate of drug-likeness (QED) is 0.795. The Bertz CT molecular complexity index is 421. The molecule has 1 saturated carbocycles. The van der Waals surface area contributed by atoms with Crippen LogP contribution in [-0.4, -0.2) is 10.9 Å². The van der Waals surface area contributed by atoms with Crippen LogP contribution in [0, 0.1) is 5.92 Å². The van der Waals surface area contributed by atoms with E-state index in [1.807, 2.05) is 12.1 Å². The summed E-state index contributed by atoms with van der Waals surface area (Å²) in [5.74, 6) is 1.95. The van der Waals surface area contributed by atoms with Crippen molar-refractivity contribution in [3.8, 4) is 11.5 Å². The predicted molar refractivity (Wildman–Crippen MR) is 52.8 cm³/mol. The fourth-order valence-electron chi connectivity index (χ4n) is 2.69. The van der Waals surface area contributed by atoms with Gasteiger partial charge in [0.15, 0.2) is 11.5 Å². The molecule has 78 valence electrons. The summed E-state index contributed by atoms with van der Waals surface area (Å²) >= 11 is 0. The predicted octanol–water partition coefficient (Wildman–Crippen LogP) is 1.61. The van der Waals surface area contributed by atoms with Crippen molar-refractivity contribution in [2.45, 2.75) is 31.7 Å². The minimum atomic E-state index is -0.367. The summed E-state index contributed by atoms with van der Waals surface area (Å²) in [7, 11) is 0.